The lowest BCUT2D eigenvalue weighted by Gasteiger charge is -2.36. The Kier molecular flexibility index (Phi) is 5.32. The molecule has 0 bridgehead atoms. The van der Waals surface area contributed by atoms with E-state index in [0.717, 1.165) is 35.6 Å². The van der Waals surface area contributed by atoms with Gasteiger partial charge >= 0.3 is 6.09 Å². The number of piperazine rings is 1. The van der Waals surface area contributed by atoms with Crippen molar-refractivity contribution in [2.45, 2.75) is 33.7 Å². The Labute approximate surface area is 176 Å². The van der Waals surface area contributed by atoms with Crippen molar-refractivity contribution in [3.8, 4) is 0 Å². The molecule has 8 nitrogen and oxygen atoms in total. The smallest absolute Gasteiger partial charge is 0.415 e. The number of hydrogen-bond acceptors (Lipinski definition) is 6. The van der Waals surface area contributed by atoms with Crippen LogP contribution in [0, 0.1) is 20.8 Å². The maximum atomic E-state index is 13.1. The number of pyridine rings is 2. The predicted octanol–water partition coefficient (Wildman–Crippen LogP) is 2.71. The van der Waals surface area contributed by atoms with Gasteiger partial charge in [0.15, 0.2) is 0 Å². The summed E-state index contributed by atoms with van der Waals surface area (Å²) < 4.78 is 5.07. The second-order valence-electron chi connectivity index (χ2n) is 8.09. The quantitative estimate of drug-likeness (QED) is 0.776. The second kappa shape index (κ2) is 7.93. The van der Waals surface area contributed by atoms with Gasteiger partial charge in [0.2, 0.25) is 0 Å². The molecule has 2 aliphatic heterocycles. The van der Waals surface area contributed by atoms with Gasteiger partial charge in [0.05, 0.1) is 11.6 Å². The molecule has 2 aromatic heterocycles. The van der Waals surface area contributed by atoms with Gasteiger partial charge in [-0.05, 0) is 50.5 Å². The third-order valence-corrected chi connectivity index (χ3v) is 5.71. The summed E-state index contributed by atoms with van der Waals surface area (Å²) in [5, 5.41) is 0. The SMILES string of the molecule is Cc1cnc(N2CCN(C(=O)c3cnc(N4C(=O)OC[C@H]4C)cc3C)CC2)c(C)c1. The van der Waals surface area contributed by atoms with E-state index in [9.17, 15) is 9.59 Å². The van der Waals surface area contributed by atoms with Crippen LogP contribution in [0.5, 0.6) is 0 Å². The number of anilines is 2. The maximum absolute atomic E-state index is 13.1. The highest BCUT2D eigenvalue weighted by Crippen LogP contribution is 2.24. The van der Waals surface area contributed by atoms with Crippen LogP contribution < -0.4 is 9.80 Å². The number of aromatic nitrogens is 2. The van der Waals surface area contributed by atoms with Gasteiger partial charge in [-0.2, -0.15) is 0 Å². The van der Waals surface area contributed by atoms with Crippen molar-refractivity contribution in [2.75, 3.05) is 42.6 Å². The minimum Gasteiger partial charge on any atom is -0.447 e. The fourth-order valence-electron chi connectivity index (χ4n) is 4.06. The van der Waals surface area contributed by atoms with Crippen molar-refractivity contribution in [2.24, 2.45) is 0 Å². The molecule has 0 unspecified atom stereocenters. The number of aryl methyl sites for hydroxylation is 3. The highest BCUT2D eigenvalue weighted by molar-refractivity contribution is 5.96. The van der Waals surface area contributed by atoms with Crippen molar-refractivity contribution in [3.05, 3.63) is 46.8 Å². The zero-order valence-corrected chi connectivity index (χ0v) is 17.9. The molecule has 30 heavy (non-hydrogen) atoms. The fraction of sp³-hybridized carbons (Fsp3) is 0.455. The molecule has 0 saturated carbocycles. The highest BCUT2D eigenvalue weighted by Gasteiger charge is 2.32. The standard InChI is InChI=1S/C22H27N5O3/c1-14-9-16(3)20(24-11-14)25-5-7-26(8-6-25)21(28)18-12-23-19(10-15(18)2)27-17(4)13-30-22(27)29/h9-12,17H,5-8,13H2,1-4H3/t17-/m1/s1. The third kappa shape index (κ3) is 3.69. The molecule has 1 atom stereocenters. The molecule has 0 aromatic carbocycles. The van der Waals surface area contributed by atoms with Gasteiger partial charge in [-0.25, -0.2) is 14.8 Å². The molecule has 2 aliphatic rings. The molecule has 2 amide bonds. The fourth-order valence-corrected chi connectivity index (χ4v) is 4.06. The van der Waals surface area contributed by atoms with E-state index in [-0.39, 0.29) is 11.9 Å². The first-order valence-electron chi connectivity index (χ1n) is 10.2. The van der Waals surface area contributed by atoms with Crippen LogP contribution in [0.1, 0.15) is 34.0 Å². The van der Waals surface area contributed by atoms with Gasteiger partial charge in [-0.15, -0.1) is 0 Å². The number of nitrogens with zero attached hydrogens (tertiary/aromatic N) is 5. The molecule has 8 heteroatoms. The van der Waals surface area contributed by atoms with Crippen LogP contribution in [0.2, 0.25) is 0 Å². The molecule has 0 aliphatic carbocycles. The lowest BCUT2D eigenvalue weighted by molar-refractivity contribution is 0.0745. The van der Waals surface area contributed by atoms with Crippen LogP contribution in [0.4, 0.5) is 16.4 Å². The third-order valence-electron chi connectivity index (χ3n) is 5.71. The Morgan fingerprint density at radius 1 is 1.03 bits per heavy atom. The number of cyclic esters (lactones) is 1. The van der Waals surface area contributed by atoms with Crippen molar-refractivity contribution < 1.29 is 14.3 Å². The molecule has 0 spiro atoms. The molecule has 0 radical (unpaired) electrons. The molecule has 158 valence electrons. The van der Waals surface area contributed by atoms with Gasteiger partial charge in [0.1, 0.15) is 18.2 Å². The van der Waals surface area contributed by atoms with Crippen molar-refractivity contribution in [1.82, 2.24) is 14.9 Å². The summed E-state index contributed by atoms with van der Waals surface area (Å²) in [6, 6.07) is 3.84. The Morgan fingerprint density at radius 3 is 2.37 bits per heavy atom. The lowest BCUT2D eigenvalue weighted by atomic mass is 10.1. The Bertz CT molecular complexity index is 985. The van der Waals surface area contributed by atoms with Crippen molar-refractivity contribution >= 4 is 23.6 Å². The minimum absolute atomic E-state index is 0.0307. The first-order valence-corrected chi connectivity index (χ1v) is 10.2. The topological polar surface area (TPSA) is 78.9 Å². The summed E-state index contributed by atoms with van der Waals surface area (Å²) >= 11 is 0. The van der Waals surface area contributed by atoms with E-state index in [4.69, 9.17) is 4.74 Å². The monoisotopic (exact) mass is 409 g/mol. The molecule has 2 fully saturated rings. The van der Waals surface area contributed by atoms with E-state index < -0.39 is 6.09 Å². The van der Waals surface area contributed by atoms with E-state index >= 15 is 0 Å². The molecule has 4 heterocycles. The maximum Gasteiger partial charge on any atom is 0.415 e. The molecular weight excluding hydrogens is 382 g/mol. The normalized spacial score (nSPS) is 19.3. The van der Waals surface area contributed by atoms with E-state index in [1.54, 1.807) is 12.3 Å². The number of amides is 2. The van der Waals surface area contributed by atoms with Crippen molar-refractivity contribution in [3.63, 3.8) is 0 Å². The number of ether oxygens (including phenoxy) is 1. The summed E-state index contributed by atoms with van der Waals surface area (Å²) in [6.45, 7) is 11.0. The van der Waals surface area contributed by atoms with Gasteiger partial charge in [0.25, 0.3) is 5.91 Å². The molecule has 2 aromatic rings. The van der Waals surface area contributed by atoms with Crippen molar-refractivity contribution in [1.29, 1.82) is 0 Å². The van der Waals surface area contributed by atoms with Gasteiger partial charge in [0, 0.05) is 38.6 Å². The van der Waals surface area contributed by atoms with E-state index in [1.165, 1.54) is 4.90 Å². The second-order valence-corrected chi connectivity index (χ2v) is 8.09. The summed E-state index contributed by atoms with van der Waals surface area (Å²) in [5.41, 5.74) is 3.67. The first-order chi connectivity index (χ1) is 14.3. The molecule has 2 saturated heterocycles. The van der Waals surface area contributed by atoms with Crippen LogP contribution in [0.25, 0.3) is 0 Å². The average Bonchev–Trinajstić information content (AvgIpc) is 3.06. The highest BCUT2D eigenvalue weighted by atomic mass is 16.6. The Balaban J connectivity index is 1.45. The van der Waals surface area contributed by atoms with E-state index in [0.29, 0.717) is 31.1 Å². The largest absolute Gasteiger partial charge is 0.447 e. The zero-order valence-electron chi connectivity index (χ0n) is 17.9. The Hall–Kier alpha value is -3.16. The van der Waals surface area contributed by atoms with Gasteiger partial charge < -0.3 is 14.5 Å². The number of hydrogen-bond donors (Lipinski definition) is 0. The Morgan fingerprint density at radius 2 is 1.77 bits per heavy atom. The number of carbonyl (C=O) groups excluding carboxylic acids is 2. The van der Waals surface area contributed by atoms with Gasteiger partial charge in [-0.3, -0.25) is 9.69 Å². The number of carbonyl (C=O) groups is 2. The molecule has 4 rings (SSSR count). The van der Waals surface area contributed by atoms with Crippen LogP contribution in [-0.4, -0.2) is 65.7 Å². The minimum atomic E-state index is -0.399. The van der Waals surface area contributed by atoms with Crippen LogP contribution in [0.15, 0.2) is 24.5 Å². The van der Waals surface area contributed by atoms with Crippen LogP contribution >= 0.6 is 0 Å². The van der Waals surface area contributed by atoms with Crippen LogP contribution in [0.3, 0.4) is 0 Å². The summed E-state index contributed by atoms with van der Waals surface area (Å²) in [5.74, 6) is 1.48. The summed E-state index contributed by atoms with van der Waals surface area (Å²) in [4.78, 5) is 39.6. The summed E-state index contributed by atoms with van der Waals surface area (Å²) in [6.07, 6.45) is 3.06. The average molecular weight is 409 g/mol. The molecule has 0 N–H and O–H groups in total. The zero-order chi connectivity index (χ0) is 21.4. The molecular formula is C22H27N5O3. The summed E-state index contributed by atoms with van der Waals surface area (Å²) in [7, 11) is 0. The van der Waals surface area contributed by atoms with E-state index in [2.05, 4.69) is 27.9 Å². The van der Waals surface area contributed by atoms with Crippen LogP contribution in [-0.2, 0) is 4.74 Å². The lowest BCUT2D eigenvalue weighted by Crippen LogP contribution is -2.49. The van der Waals surface area contributed by atoms with Gasteiger partial charge in [-0.1, -0.05) is 6.07 Å². The predicted molar refractivity (Wildman–Crippen MR) is 114 cm³/mol. The van der Waals surface area contributed by atoms with E-state index in [1.807, 2.05) is 31.9 Å². The first kappa shape index (κ1) is 20.1. The number of rotatable bonds is 3.